The molecule has 3 heteroatoms. The van der Waals surface area contributed by atoms with E-state index < -0.39 is 0 Å². The molecule has 0 aliphatic carbocycles. The molecule has 2 aromatic carbocycles. The fraction of sp³-hybridized carbons (Fsp3) is 0.167. The molecule has 0 aliphatic rings. The van der Waals surface area contributed by atoms with Crippen LogP contribution < -0.4 is 4.74 Å². The predicted octanol–water partition coefficient (Wildman–Crippen LogP) is 4.84. The van der Waals surface area contributed by atoms with Crippen LogP contribution in [0.4, 0.5) is 0 Å². The van der Waals surface area contributed by atoms with Crippen LogP contribution in [0.5, 0.6) is 5.75 Å². The Kier molecular flexibility index (Phi) is 4.11. The highest BCUT2D eigenvalue weighted by Gasteiger charge is 2.07. The number of methoxy groups -OCH3 is 1. The van der Waals surface area contributed by atoms with Gasteiger partial charge in [-0.05, 0) is 25.1 Å². The average Bonchev–Trinajstić information content (AvgIpc) is 2.52. The number of aromatic nitrogens is 1. The number of rotatable bonds is 4. The summed E-state index contributed by atoms with van der Waals surface area (Å²) < 4.78 is 5.42. The van der Waals surface area contributed by atoms with Crippen LogP contribution in [0, 0.1) is 6.92 Å². The second kappa shape index (κ2) is 6.19. The molecule has 1 heterocycles. The van der Waals surface area contributed by atoms with Gasteiger partial charge in [0.2, 0.25) is 0 Å². The zero-order chi connectivity index (χ0) is 14.7. The van der Waals surface area contributed by atoms with Crippen LogP contribution in [0.3, 0.4) is 0 Å². The minimum Gasteiger partial charge on any atom is -0.496 e. The molecular formula is C18H17NOS. The van der Waals surface area contributed by atoms with E-state index in [9.17, 15) is 0 Å². The summed E-state index contributed by atoms with van der Waals surface area (Å²) in [4.78, 5) is 5.85. The highest BCUT2D eigenvalue weighted by Crippen LogP contribution is 2.32. The Bertz CT molecular complexity index is 770. The Balaban J connectivity index is 1.92. The maximum atomic E-state index is 5.42. The number of hydrogen-bond donors (Lipinski definition) is 0. The number of nitrogens with zero attached hydrogens (tertiary/aromatic N) is 1. The maximum Gasteiger partial charge on any atom is 0.122 e. The van der Waals surface area contributed by atoms with E-state index in [1.165, 1.54) is 15.8 Å². The Labute approximate surface area is 129 Å². The highest BCUT2D eigenvalue weighted by atomic mass is 32.2. The summed E-state index contributed by atoms with van der Waals surface area (Å²) in [5, 5.41) is 1.21. The summed E-state index contributed by atoms with van der Waals surface area (Å²) in [5.41, 5.74) is 3.32. The topological polar surface area (TPSA) is 22.1 Å². The van der Waals surface area contributed by atoms with Crippen molar-refractivity contribution in [3.05, 3.63) is 65.9 Å². The van der Waals surface area contributed by atoms with Gasteiger partial charge in [0.05, 0.1) is 12.6 Å². The summed E-state index contributed by atoms with van der Waals surface area (Å²) >= 11 is 1.83. The SMILES string of the molecule is COc1ccccc1CSc1cc(C)nc2ccccc12. The molecule has 0 atom stereocenters. The summed E-state index contributed by atoms with van der Waals surface area (Å²) in [5.74, 6) is 1.83. The predicted molar refractivity (Wildman–Crippen MR) is 89.0 cm³/mol. The molecule has 2 nitrogen and oxygen atoms in total. The van der Waals surface area contributed by atoms with Crippen molar-refractivity contribution in [1.29, 1.82) is 0 Å². The van der Waals surface area contributed by atoms with Crippen molar-refractivity contribution in [3.8, 4) is 5.75 Å². The number of thioether (sulfide) groups is 1. The lowest BCUT2D eigenvalue weighted by atomic mass is 10.2. The van der Waals surface area contributed by atoms with Crippen molar-refractivity contribution in [2.45, 2.75) is 17.6 Å². The second-order valence-corrected chi connectivity index (χ2v) is 5.90. The van der Waals surface area contributed by atoms with Crippen molar-refractivity contribution in [1.82, 2.24) is 4.98 Å². The van der Waals surface area contributed by atoms with E-state index in [4.69, 9.17) is 4.74 Å². The minimum absolute atomic E-state index is 0.886. The summed E-state index contributed by atoms with van der Waals surface area (Å²) in [6.07, 6.45) is 0. The van der Waals surface area contributed by atoms with E-state index in [0.717, 1.165) is 22.7 Å². The van der Waals surface area contributed by atoms with Gasteiger partial charge in [-0.25, -0.2) is 0 Å². The Morgan fingerprint density at radius 2 is 1.81 bits per heavy atom. The van der Waals surface area contributed by atoms with Crippen LogP contribution in [0.2, 0.25) is 0 Å². The number of ether oxygens (including phenoxy) is 1. The van der Waals surface area contributed by atoms with Gasteiger partial charge in [0.25, 0.3) is 0 Å². The third-order valence-corrected chi connectivity index (χ3v) is 4.49. The van der Waals surface area contributed by atoms with E-state index in [2.05, 4.69) is 35.3 Å². The van der Waals surface area contributed by atoms with Gasteiger partial charge in [-0.3, -0.25) is 4.98 Å². The van der Waals surface area contributed by atoms with Crippen LogP contribution in [-0.4, -0.2) is 12.1 Å². The van der Waals surface area contributed by atoms with Gasteiger partial charge in [-0.2, -0.15) is 0 Å². The zero-order valence-electron chi connectivity index (χ0n) is 12.2. The van der Waals surface area contributed by atoms with Crippen LogP contribution in [-0.2, 0) is 5.75 Å². The van der Waals surface area contributed by atoms with Gasteiger partial charge in [-0.1, -0.05) is 36.4 Å². The summed E-state index contributed by atoms with van der Waals surface area (Å²) in [7, 11) is 1.72. The van der Waals surface area contributed by atoms with Crippen LogP contribution in [0.25, 0.3) is 10.9 Å². The quantitative estimate of drug-likeness (QED) is 0.643. The van der Waals surface area contributed by atoms with Gasteiger partial charge >= 0.3 is 0 Å². The Morgan fingerprint density at radius 3 is 2.67 bits per heavy atom. The van der Waals surface area contributed by atoms with E-state index in [1.54, 1.807) is 7.11 Å². The van der Waals surface area contributed by atoms with E-state index in [1.807, 2.05) is 43.0 Å². The molecule has 0 spiro atoms. The fourth-order valence-electron chi connectivity index (χ4n) is 2.37. The normalized spacial score (nSPS) is 10.8. The number of fused-ring (bicyclic) bond motifs is 1. The fourth-order valence-corrected chi connectivity index (χ4v) is 3.50. The summed E-state index contributed by atoms with van der Waals surface area (Å²) in [6.45, 7) is 2.04. The van der Waals surface area contributed by atoms with E-state index in [-0.39, 0.29) is 0 Å². The van der Waals surface area contributed by atoms with Crippen molar-refractivity contribution < 1.29 is 4.74 Å². The molecule has 0 saturated carbocycles. The Hall–Kier alpha value is -2.00. The van der Waals surface area contributed by atoms with Crippen molar-refractivity contribution in [2.24, 2.45) is 0 Å². The van der Waals surface area contributed by atoms with E-state index in [0.29, 0.717) is 0 Å². The maximum absolute atomic E-state index is 5.42. The third kappa shape index (κ3) is 3.03. The highest BCUT2D eigenvalue weighted by molar-refractivity contribution is 7.98. The second-order valence-electron chi connectivity index (χ2n) is 4.88. The molecular weight excluding hydrogens is 278 g/mol. The third-order valence-electron chi connectivity index (χ3n) is 3.38. The van der Waals surface area contributed by atoms with Gasteiger partial charge in [0.15, 0.2) is 0 Å². The molecule has 0 amide bonds. The standard InChI is InChI=1S/C18H17NOS/c1-13-11-18(15-8-4-5-9-16(15)19-13)21-12-14-7-3-6-10-17(14)20-2/h3-11H,12H2,1-2H3. The first-order valence-electron chi connectivity index (χ1n) is 6.89. The number of pyridine rings is 1. The first-order chi connectivity index (χ1) is 10.3. The molecule has 0 saturated heterocycles. The van der Waals surface area contributed by atoms with Gasteiger partial charge in [0.1, 0.15) is 5.75 Å². The molecule has 0 aliphatic heterocycles. The van der Waals surface area contributed by atoms with Crippen molar-refractivity contribution >= 4 is 22.7 Å². The molecule has 0 unspecified atom stereocenters. The molecule has 1 aromatic heterocycles. The smallest absolute Gasteiger partial charge is 0.122 e. The molecule has 21 heavy (non-hydrogen) atoms. The van der Waals surface area contributed by atoms with Gasteiger partial charge < -0.3 is 4.74 Å². The van der Waals surface area contributed by atoms with Gasteiger partial charge in [-0.15, -0.1) is 11.8 Å². The molecule has 3 rings (SSSR count). The van der Waals surface area contributed by atoms with E-state index >= 15 is 0 Å². The molecule has 106 valence electrons. The monoisotopic (exact) mass is 295 g/mol. The first-order valence-corrected chi connectivity index (χ1v) is 7.87. The lowest BCUT2D eigenvalue weighted by molar-refractivity contribution is 0.411. The molecule has 0 N–H and O–H groups in total. The lowest BCUT2D eigenvalue weighted by Crippen LogP contribution is -1.91. The first kappa shape index (κ1) is 14.0. The summed E-state index contributed by atoms with van der Waals surface area (Å²) in [6, 6.07) is 18.6. The molecule has 0 bridgehead atoms. The van der Waals surface area contributed by atoms with Crippen LogP contribution >= 0.6 is 11.8 Å². The molecule has 0 radical (unpaired) electrons. The number of benzene rings is 2. The lowest BCUT2D eigenvalue weighted by Gasteiger charge is -2.10. The number of hydrogen-bond acceptors (Lipinski definition) is 3. The molecule has 3 aromatic rings. The van der Waals surface area contributed by atoms with Crippen LogP contribution in [0.15, 0.2) is 59.5 Å². The average molecular weight is 295 g/mol. The minimum atomic E-state index is 0.886. The zero-order valence-corrected chi connectivity index (χ0v) is 13.0. The Morgan fingerprint density at radius 1 is 1.05 bits per heavy atom. The van der Waals surface area contributed by atoms with Crippen molar-refractivity contribution in [2.75, 3.05) is 7.11 Å². The largest absolute Gasteiger partial charge is 0.496 e. The van der Waals surface area contributed by atoms with Crippen molar-refractivity contribution in [3.63, 3.8) is 0 Å². The molecule has 0 fully saturated rings. The van der Waals surface area contributed by atoms with Gasteiger partial charge in [0, 0.05) is 27.3 Å². The number of aryl methyl sites for hydroxylation is 1. The number of para-hydroxylation sites is 2. The van der Waals surface area contributed by atoms with Crippen LogP contribution in [0.1, 0.15) is 11.3 Å².